The number of hydrogen-bond donors (Lipinski definition) is 1. The number of alkyl halides is 1. The SMILES string of the molecule is CSC1CCCC1NS(=O)(=O)CC(C)CCl. The molecule has 96 valence electrons. The molecule has 0 heterocycles. The van der Waals surface area contributed by atoms with E-state index in [4.69, 9.17) is 11.6 Å². The van der Waals surface area contributed by atoms with E-state index in [1.165, 1.54) is 0 Å². The fourth-order valence-electron chi connectivity index (χ4n) is 2.04. The monoisotopic (exact) mass is 285 g/mol. The maximum absolute atomic E-state index is 11.8. The summed E-state index contributed by atoms with van der Waals surface area (Å²) in [6.45, 7) is 1.85. The normalized spacial score (nSPS) is 28.2. The number of hydrogen-bond acceptors (Lipinski definition) is 3. The van der Waals surface area contributed by atoms with E-state index in [1.807, 2.05) is 13.2 Å². The Hall–Kier alpha value is 0.550. The van der Waals surface area contributed by atoms with Gasteiger partial charge in [-0.25, -0.2) is 13.1 Å². The Labute approximate surface area is 108 Å². The van der Waals surface area contributed by atoms with Crippen LogP contribution in [0, 0.1) is 5.92 Å². The molecule has 0 aromatic heterocycles. The highest BCUT2D eigenvalue weighted by atomic mass is 35.5. The lowest BCUT2D eigenvalue weighted by atomic mass is 10.3. The van der Waals surface area contributed by atoms with Crippen molar-refractivity contribution >= 4 is 33.4 Å². The predicted molar refractivity (Wildman–Crippen MR) is 71.7 cm³/mol. The number of nitrogens with one attached hydrogen (secondary N) is 1. The predicted octanol–water partition coefficient (Wildman–Crippen LogP) is 2.06. The second kappa shape index (κ2) is 6.47. The third-order valence-electron chi connectivity index (χ3n) is 2.85. The lowest BCUT2D eigenvalue weighted by molar-refractivity contribution is 0.545. The average Bonchev–Trinajstić information content (AvgIpc) is 2.63. The van der Waals surface area contributed by atoms with Gasteiger partial charge in [0.15, 0.2) is 0 Å². The fourth-order valence-corrected chi connectivity index (χ4v) is 5.01. The molecule has 3 nitrogen and oxygen atoms in total. The summed E-state index contributed by atoms with van der Waals surface area (Å²) in [7, 11) is -3.17. The van der Waals surface area contributed by atoms with Crippen molar-refractivity contribution in [2.75, 3.05) is 17.9 Å². The molecule has 1 N–H and O–H groups in total. The first-order valence-corrected chi connectivity index (χ1v) is 9.04. The third-order valence-corrected chi connectivity index (χ3v) is 6.22. The van der Waals surface area contributed by atoms with Crippen LogP contribution in [0.5, 0.6) is 0 Å². The van der Waals surface area contributed by atoms with Crippen molar-refractivity contribution in [3.63, 3.8) is 0 Å². The Morgan fingerprint density at radius 1 is 1.50 bits per heavy atom. The van der Waals surface area contributed by atoms with E-state index in [0.717, 1.165) is 19.3 Å². The van der Waals surface area contributed by atoms with Gasteiger partial charge in [-0.1, -0.05) is 13.3 Å². The van der Waals surface area contributed by atoms with Gasteiger partial charge in [-0.15, -0.1) is 11.6 Å². The van der Waals surface area contributed by atoms with Gasteiger partial charge < -0.3 is 0 Å². The molecule has 3 unspecified atom stereocenters. The molecule has 1 aliphatic carbocycles. The lowest BCUT2D eigenvalue weighted by Gasteiger charge is -2.20. The molecule has 0 saturated heterocycles. The largest absolute Gasteiger partial charge is 0.212 e. The zero-order valence-electron chi connectivity index (χ0n) is 9.78. The van der Waals surface area contributed by atoms with Crippen molar-refractivity contribution in [1.82, 2.24) is 4.72 Å². The number of halogens is 1. The van der Waals surface area contributed by atoms with Gasteiger partial charge in [-0.2, -0.15) is 11.8 Å². The van der Waals surface area contributed by atoms with Crippen molar-refractivity contribution in [1.29, 1.82) is 0 Å². The minimum Gasteiger partial charge on any atom is -0.212 e. The summed E-state index contributed by atoms with van der Waals surface area (Å²) in [5.74, 6) is 0.527. The zero-order valence-corrected chi connectivity index (χ0v) is 12.2. The van der Waals surface area contributed by atoms with Crippen LogP contribution in [0.1, 0.15) is 26.2 Å². The van der Waals surface area contributed by atoms with Gasteiger partial charge in [0.2, 0.25) is 10.0 Å². The number of rotatable bonds is 6. The minimum absolute atomic E-state index is 0.00768. The second-order valence-electron chi connectivity index (χ2n) is 4.47. The van der Waals surface area contributed by atoms with E-state index in [0.29, 0.717) is 11.1 Å². The zero-order chi connectivity index (χ0) is 12.2. The van der Waals surface area contributed by atoms with Gasteiger partial charge >= 0.3 is 0 Å². The molecule has 0 radical (unpaired) electrons. The molecule has 1 rings (SSSR count). The summed E-state index contributed by atoms with van der Waals surface area (Å²) in [6, 6.07) is 0.113. The van der Waals surface area contributed by atoms with Crippen molar-refractivity contribution in [3.8, 4) is 0 Å². The average molecular weight is 286 g/mol. The van der Waals surface area contributed by atoms with Crippen molar-refractivity contribution in [3.05, 3.63) is 0 Å². The summed E-state index contributed by atoms with van der Waals surface area (Å²) in [5, 5.41) is 0.432. The highest BCUT2D eigenvalue weighted by molar-refractivity contribution is 7.99. The first kappa shape index (κ1) is 14.6. The van der Waals surface area contributed by atoms with Crippen LogP contribution >= 0.6 is 23.4 Å². The Morgan fingerprint density at radius 2 is 2.19 bits per heavy atom. The molecule has 1 saturated carbocycles. The molecule has 0 spiro atoms. The van der Waals surface area contributed by atoms with Gasteiger partial charge in [0.25, 0.3) is 0 Å². The van der Waals surface area contributed by atoms with Crippen LogP contribution in [0.15, 0.2) is 0 Å². The van der Waals surface area contributed by atoms with Gasteiger partial charge in [0.1, 0.15) is 0 Å². The van der Waals surface area contributed by atoms with E-state index < -0.39 is 10.0 Å². The highest BCUT2D eigenvalue weighted by Gasteiger charge is 2.30. The maximum Gasteiger partial charge on any atom is 0.212 e. The summed E-state index contributed by atoms with van der Waals surface area (Å²) in [6.07, 6.45) is 5.22. The van der Waals surface area contributed by atoms with E-state index in [1.54, 1.807) is 11.8 Å². The lowest BCUT2D eigenvalue weighted by Crippen LogP contribution is -2.41. The van der Waals surface area contributed by atoms with Crippen molar-refractivity contribution in [2.24, 2.45) is 5.92 Å². The molecule has 6 heteroatoms. The van der Waals surface area contributed by atoms with Gasteiger partial charge in [-0.05, 0) is 25.0 Å². The Bertz CT molecular complexity index is 308. The Morgan fingerprint density at radius 3 is 2.75 bits per heavy atom. The maximum atomic E-state index is 11.8. The van der Waals surface area contributed by atoms with E-state index in [2.05, 4.69) is 4.72 Å². The Kier molecular flexibility index (Phi) is 5.91. The molecule has 0 aromatic rings. The molecular formula is C10H20ClNO2S2. The third kappa shape index (κ3) is 4.43. The van der Waals surface area contributed by atoms with Crippen molar-refractivity contribution < 1.29 is 8.42 Å². The number of sulfonamides is 1. The summed E-state index contributed by atoms with van der Waals surface area (Å²) >= 11 is 7.39. The van der Waals surface area contributed by atoms with Crippen molar-refractivity contribution in [2.45, 2.75) is 37.5 Å². The number of thioether (sulfide) groups is 1. The van der Waals surface area contributed by atoms with Crippen LogP contribution in [0.3, 0.4) is 0 Å². The molecule has 3 atom stereocenters. The van der Waals surface area contributed by atoms with Crippen LogP contribution in [-0.2, 0) is 10.0 Å². The molecule has 0 aliphatic heterocycles. The van der Waals surface area contributed by atoms with Crippen LogP contribution < -0.4 is 4.72 Å². The fraction of sp³-hybridized carbons (Fsp3) is 1.00. The molecule has 0 amide bonds. The minimum atomic E-state index is -3.17. The van der Waals surface area contributed by atoms with Gasteiger partial charge in [0, 0.05) is 17.2 Å². The van der Waals surface area contributed by atoms with Crippen LogP contribution in [0.4, 0.5) is 0 Å². The quantitative estimate of drug-likeness (QED) is 0.760. The smallest absolute Gasteiger partial charge is 0.212 e. The molecule has 1 aliphatic rings. The van der Waals surface area contributed by atoms with E-state index in [-0.39, 0.29) is 17.7 Å². The summed E-state index contributed by atoms with van der Waals surface area (Å²) in [4.78, 5) is 0. The molecule has 16 heavy (non-hydrogen) atoms. The molecular weight excluding hydrogens is 266 g/mol. The van der Waals surface area contributed by atoms with Crippen LogP contribution in [0.25, 0.3) is 0 Å². The molecule has 0 bridgehead atoms. The van der Waals surface area contributed by atoms with Gasteiger partial charge in [0.05, 0.1) is 5.75 Å². The first-order valence-electron chi connectivity index (χ1n) is 5.57. The molecule has 1 fully saturated rings. The van der Waals surface area contributed by atoms with Gasteiger partial charge in [-0.3, -0.25) is 0 Å². The topological polar surface area (TPSA) is 46.2 Å². The standard InChI is InChI=1S/C10H20ClNO2S2/c1-8(6-11)7-16(13,14)12-9-4-3-5-10(9)15-2/h8-10,12H,3-7H2,1-2H3. The Balaban J connectivity index is 2.52. The van der Waals surface area contributed by atoms with E-state index >= 15 is 0 Å². The first-order chi connectivity index (χ1) is 7.48. The second-order valence-corrected chi connectivity index (χ2v) is 7.65. The molecule has 0 aromatic carbocycles. The van der Waals surface area contributed by atoms with Crippen LogP contribution in [-0.4, -0.2) is 37.6 Å². The summed E-state index contributed by atoms with van der Waals surface area (Å²) < 4.78 is 26.5. The highest BCUT2D eigenvalue weighted by Crippen LogP contribution is 2.28. The summed E-state index contributed by atoms with van der Waals surface area (Å²) in [5.41, 5.74) is 0. The van der Waals surface area contributed by atoms with E-state index in [9.17, 15) is 8.42 Å². The van der Waals surface area contributed by atoms with Crippen LogP contribution in [0.2, 0.25) is 0 Å².